The lowest BCUT2D eigenvalue weighted by Crippen LogP contribution is -2.20. The predicted octanol–water partition coefficient (Wildman–Crippen LogP) is 3.02. The number of aromatic nitrogens is 3. The van der Waals surface area contributed by atoms with Gasteiger partial charge in [-0.25, -0.2) is 5.43 Å². The summed E-state index contributed by atoms with van der Waals surface area (Å²) in [6, 6.07) is 16.6. The van der Waals surface area contributed by atoms with E-state index in [-0.39, 0.29) is 17.4 Å². The lowest BCUT2D eigenvalue weighted by atomic mass is 10.2. The first-order valence-electron chi connectivity index (χ1n) is 9.22. The zero-order valence-corrected chi connectivity index (χ0v) is 17.0. The molecule has 0 saturated heterocycles. The normalized spacial score (nSPS) is 10.8. The van der Waals surface area contributed by atoms with Crippen LogP contribution in [-0.4, -0.2) is 37.7 Å². The van der Waals surface area contributed by atoms with Crippen LogP contribution in [0.25, 0.3) is 0 Å². The average molecular weight is 423 g/mol. The third-order valence-corrected chi connectivity index (χ3v) is 4.96. The molecule has 1 aromatic heterocycles. The number of nitrogens with one attached hydrogen (secondary N) is 2. The summed E-state index contributed by atoms with van der Waals surface area (Å²) in [7, 11) is 0. The number of para-hydroxylation sites is 2. The molecule has 1 amide bonds. The van der Waals surface area contributed by atoms with Gasteiger partial charge in [0.15, 0.2) is 11.0 Å². The summed E-state index contributed by atoms with van der Waals surface area (Å²) in [6.45, 7) is 4.82. The maximum absolute atomic E-state index is 12.1. The van der Waals surface area contributed by atoms with Crippen LogP contribution in [0, 0.1) is 0 Å². The second-order valence-electron chi connectivity index (χ2n) is 6.16. The summed E-state index contributed by atoms with van der Waals surface area (Å²) in [4.78, 5) is 12.1. The third-order valence-electron chi connectivity index (χ3n) is 3.99. The fraction of sp³-hybridized carbons (Fsp3) is 0.143. The highest BCUT2D eigenvalue weighted by molar-refractivity contribution is 7.99. The molecule has 3 N–H and O–H groups in total. The lowest BCUT2D eigenvalue weighted by Gasteiger charge is -2.09. The van der Waals surface area contributed by atoms with Crippen molar-refractivity contribution in [2.45, 2.75) is 18.2 Å². The molecule has 154 valence electrons. The number of hydrogen-bond acceptors (Lipinski definition) is 7. The van der Waals surface area contributed by atoms with Crippen molar-refractivity contribution < 1.29 is 9.90 Å². The quantitative estimate of drug-likeness (QED) is 0.201. The zero-order valence-electron chi connectivity index (χ0n) is 16.2. The molecule has 0 spiro atoms. The van der Waals surface area contributed by atoms with Crippen LogP contribution in [0.1, 0.15) is 11.4 Å². The number of benzene rings is 2. The lowest BCUT2D eigenvalue weighted by molar-refractivity contribution is -0.118. The van der Waals surface area contributed by atoms with E-state index in [1.54, 1.807) is 30.3 Å². The van der Waals surface area contributed by atoms with Gasteiger partial charge >= 0.3 is 0 Å². The smallest absolute Gasteiger partial charge is 0.250 e. The van der Waals surface area contributed by atoms with Crippen molar-refractivity contribution >= 4 is 29.6 Å². The van der Waals surface area contributed by atoms with Gasteiger partial charge in [-0.2, -0.15) is 5.10 Å². The number of phenolic OH excluding ortho intramolecular Hbond substituents is 1. The second-order valence-corrected chi connectivity index (χ2v) is 7.10. The number of anilines is 1. The molecule has 3 aromatic rings. The molecule has 9 heteroatoms. The fourth-order valence-electron chi connectivity index (χ4n) is 2.54. The van der Waals surface area contributed by atoms with Crippen LogP contribution in [-0.2, 0) is 17.9 Å². The van der Waals surface area contributed by atoms with Crippen LogP contribution in [0.5, 0.6) is 5.75 Å². The molecular weight excluding hydrogens is 400 g/mol. The van der Waals surface area contributed by atoms with Gasteiger partial charge in [0, 0.05) is 17.8 Å². The van der Waals surface area contributed by atoms with E-state index in [4.69, 9.17) is 0 Å². The van der Waals surface area contributed by atoms with Crippen molar-refractivity contribution in [1.29, 1.82) is 0 Å². The average Bonchev–Trinajstić information content (AvgIpc) is 3.15. The van der Waals surface area contributed by atoms with Gasteiger partial charge in [0.25, 0.3) is 5.91 Å². The van der Waals surface area contributed by atoms with Crippen LogP contribution in [0.2, 0.25) is 0 Å². The van der Waals surface area contributed by atoms with E-state index in [0.717, 1.165) is 11.5 Å². The molecule has 0 saturated carbocycles. The Kier molecular flexibility index (Phi) is 7.62. The molecule has 0 unspecified atom stereocenters. The number of allylic oxidation sites excluding steroid dienone is 1. The number of rotatable bonds is 10. The molecule has 0 fully saturated rings. The predicted molar refractivity (Wildman–Crippen MR) is 119 cm³/mol. The number of nitrogens with zero attached hydrogens (tertiary/aromatic N) is 4. The molecule has 0 aliphatic heterocycles. The molecule has 30 heavy (non-hydrogen) atoms. The highest BCUT2D eigenvalue weighted by Crippen LogP contribution is 2.18. The highest BCUT2D eigenvalue weighted by atomic mass is 32.2. The molecule has 0 bridgehead atoms. The molecule has 3 rings (SSSR count). The topological polar surface area (TPSA) is 104 Å². The van der Waals surface area contributed by atoms with Crippen LogP contribution in [0.15, 0.2) is 77.5 Å². The Hall–Kier alpha value is -3.59. The first kappa shape index (κ1) is 21.1. The Labute approximate surface area is 178 Å². The van der Waals surface area contributed by atoms with Crippen molar-refractivity contribution in [3.05, 3.63) is 78.6 Å². The summed E-state index contributed by atoms with van der Waals surface area (Å²) in [5.74, 6) is 0.682. The molecule has 0 atom stereocenters. The summed E-state index contributed by atoms with van der Waals surface area (Å²) in [5, 5.41) is 25.9. The maximum Gasteiger partial charge on any atom is 0.250 e. The Morgan fingerprint density at radius 3 is 2.70 bits per heavy atom. The number of carbonyl (C=O) groups excluding carboxylic acids is 1. The standard InChI is InChI=1S/C21H22N6O2S/c1-2-12-27-19(14-22-17-9-4-3-5-10-17)24-26-21(27)30-15-20(29)25-23-13-16-8-6-7-11-18(16)28/h2-11,13,22,28H,1,12,14-15H2,(H,25,29). The van der Waals surface area contributed by atoms with E-state index in [1.165, 1.54) is 18.0 Å². The van der Waals surface area contributed by atoms with Gasteiger partial charge in [0.1, 0.15) is 5.75 Å². The summed E-state index contributed by atoms with van der Waals surface area (Å²) in [6.07, 6.45) is 3.15. The van der Waals surface area contributed by atoms with E-state index in [1.807, 2.05) is 34.9 Å². The molecular formula is C21H22N6O2S. The summed E-state index contributed by atoms with van der Waals surface area (Å²) in [5.41, 5.74) is 3.95. The zero-order chi connectivity index (χ0) is 21.2. The maximum atomic E-state index is 12.1. The summed E-state index contributed by atoms with van der Waals surface area (Å²) >= 11 is 1.27. The van der Waals surface area contributed by atoms with Crippen molar-refractivity contribution in [3.8, 4) is 5.75 Å². The van der Waals surface area contributed by atoms with Crippen LogP contribution >= 0.6 is 11.8 Å². The van der Waals surface area contributed by atoms with Crippen molar-refractivity contribution in [2.24, 2.45) is 5.10 Å². The molecule has 8 nitrogen and oxygen atoms in total. The number of thioether (sulfide) groups is 1. The number of hydrazone groups is 1. The minimum atomic E-state index is -0.288. The second kappa shape index (κ2) is 10.8. The molecule has 1 heterocycles. The van der Waals surface area contributed by atoms with Crippen LogP contribution in [0.4, 0.5) is 5.69 Å². The van der Waals surface area contributed by atoms with E-state index in [2.05, 4.69) is 32.6 Å². The Bertz CT molecular complexity index is 1020. The number of hydrogen-bond donors (Lipinski definition) is 3. The minimum absolute atomic E-state index is 0.0963. The van der Waals surface area contributed by atoms with Gasteiger partial charge in [0.05, 0.1) is 18.5 Å². The Balaban J connectivity index is 1.55. The first-order valence-corrected chi connectivity index (χ1v) is 10.2. The van der Waals surface area contributed by atoms with E-state index < -0.39 is 0 Å². The van der Waals surface area contributed by atoms with Gasteiger partial charge in [0.2, 0.25) is 0 Å². The number of amides is 1. The number of aromatic hydroxyl groups is 1. The van der Waals surface area contributed by atoms with Crippen LogP contribution in [0.3, 0.4) is 0 Å². The van der Waals surface area contributed by atoms with Gasteiger partial charge in [-0.1, -0.05) is 48.2 Å². The highest BCUT2D eigenvalue weighted by Gasteiger charge is 2.13. The third kappa shape index (κ3) is 5.95. The number of carbonyl (C=O) groups is 1. The molecule has 0 aliphatic carbocycles. The van der Waals surface area contributed by atoms with Gasteiger partial charge in [-0.3, -0.25) is 4.79 Å². The SMILES string of the molecule is C=CCn1c(CNc2ccccc2)nnc1SCC(=O)NN=Cc1ccccc1O. The van der Waals surface area contributed by atoms with Crippen molar-refractivity contribution in [3.63, 3.8) is 0 Å². The van der Waals surface area contributed by atoms with Crippen molar-refractivity contribution in [2.75, 3.05) is 11.1 Å². The van der Waals surface area contributed by atoms with Gasteiger partial charge in [-0.05, 0) is 24.3 Å². The minimum Gasteiger partial charge on any atom is -0.507 e. The van der Waals surface area contributed by atoms with E-state index in [0.29, 0.717) is 23.8 Å². The van der Waals surface area contributed by atoms with E-state index in [9.17, 15) is 9.90 Å². The summed E-state index contributed by atoms with van der Waals surface area (Å²) < 4.78 is 1.91. The molecule has 0 aliphatic rings. The van der Waals surface area contributed by atoms with E-state index >= 15 is 0 Å². The largest absolute Gasteiger partial charge is 0.507 e. The van der Waals surface area contributed by atoms with Crippen LogP contribution < -0.4 is 10.7 Å². The first-order chi connectivity index (χ1) is 14.7. The number of phenols is 1. The van der Waals surface area contributed by atoms with Gasteiger partial charge < -0.3 is 15.0 Å². The fourth-order valence-corrected chi connectivity index (χ4v) is 3.30. The Morgan fingerprint density at radius 1 is 1.17 bits per heavy atom. The van der Waals surface area contributed by atoms with Gasteiger partial charge in [-0.15, -0.1) is 16.8 Å². The Morgan fingerprint density at radius 2 is 1.93 bits per heavy atom. The molecule has 0 radical (unpaired) electrons. The molecule has 2 aromatic carbocycles. The van der Waals surface area contributed by atoms with Crippen molar-refractivity contribution in [1.82, 2.24) is 20.2 Å². The monoisotopic (exact) mass is 422 g/mol.